The number of methoxy groups -OCH3 is 1. The van der Waals surface area contributed by atoms with Crippen LogP contribution in [0.4, 0.5) is 11.6 Å². The molecule has 3 aromatic heterocycles. The lowest BCUT2D eigenvalue weighted by atomic mass is 10.2. The van der Waals surface area contributed by atoms with Gasteiger partial charge in [0.1, 0.15) is 22.3 Å². The minimum absolute atomic E-state index is 0.454. The summed E-state index contributed by atoms with van der Waals surface area (Å²) in [5.41, 5.74) is 2.03. The predicted octanol–water partition coefficient (Wildman–Crippen LogP) is 4.20. The average Bonchev–Trinajstić information content (AvgIpc) is 3.21. The molecule has 0 amide bonds. The maximum absolute atomic E-state index is 5.20. The summed E-state index contributed by atoms with van der Waals surface area (Å²) in [5, 5.41) is 6.12. The van der Waals surface area contributed by atoms with Crippen LogP contribution in [0.2, 0.25) is 0 Å². The summed E-state index contributed by atoms with van der Waals surface area (Å²) in [6, 6.07) is 10.4. The number of thiazole rings is 1. The van der Waals surface area contributed by atoms with Gasteiger partial charge in [0.2, 0.25) is 0 Å². The van der Waals surface area contributed by atoms with Gasteiger partial charge in [0.15, 0.2) is 0 Å². The van der Waals surface area contributed by atoms with Crippen LogP contribution in [0.15, 0.2) is 48.1 Å². The van der Waals surface area contributed by atoms with Crippen LogP contribution in [0.25, 0.3) is 10.7 Å². The van der Waals surface area contributed by atoms with E-state index in [1.807, 2.05) is 35.8 Å². The van der Waals surface area contributed by atoms with E-state index in [-0.39, 0.29) is 0 Å². The predicted molar refractivity (Wildman–Crippen MR) is 110 cm³/mol. The number of hydrogen-bond donors (Lipinski definition) is 1. The van der Waals surface area contributed by atoms with Gasteiger partial charge < -0.3 is 10.1 Å². The van der Waals surface area contributed by atoms with Crippen molar-refractivity contribution in [2.24, 2.45) is 0 Å². The normalized spacial score (nSPS) is 11.3. The van der Waals surface area contributed by atoms with E-state index in [2.05, 4.69) is 45.1 Å². The topological polar surface area (TPSA) is 63.2 Å². The van der Waals surface area contributed by atoms with Gasteiger partial charge in [-0.05, 0) is 37.6 Å². The van der Waals surface area contributed by atoms with Crippen LogP contribution >= 0.6 is 11.3 Å². The number of pyridine rings is 2. The zero-order valence-corrected chi connectivity index (χ0v) is 16.7. The molecular weight excluding hydrogens is 358 g/mol. The van der Waals surface area contributed by atoms with Gasteiger partial charge in [-0.3, -0.25) is 4.90 Å². The number of rotatable bonds is 9. The third kappa shape index (κ3) is 5.56. The molecule has 142 valence electrons. The Bertz CT molecular complexity index is 821. The lowest BCUT2D eigenvalue weighted by Gasteiger charge is -2.26. The summed E-state index contributed by atoms with van der Waals surface area (Å²) < 4.78 is 5.20. The minimum atomic E-state index is 0.454. The fourth-order valence-electron chi connectivity index (χ4n) is 2.66. The molecular formula is C20H25N5OS. The maximum atomic E-state index is 5.20. The van der Waals surface area contributed by atoms with Crippen molar-refractivity contribution in [2.45, 2.75) is 26.4 Å². The van der Waals surface area contributed by atoms with Crippen LogP contribution in [0.3, 0.4) is 0 Å². The van der Waals surface area contributed by atoms with Gasteiger partial charge in [0.05, 0.1) is 6.61 Å². The van der Waals surface area contributed by atoms with E-state index in [4.69, 9.17) is 4.74 Å². The van der Waals surface area contributed by atoms with Gasteiger partial charge in [-0.1, -0.05) is 12.1 Å². The quantitative estimate of drug-likeness (QED) is 0.597. The van der Waals surface area contributed by atoms with Crippen LogP contribution in [0.1, 0.15) is 19.4 Å². The van der Waals surface area contributed by atoms with Gasteiger partial charge in [-0.25, -0.2) is 15.0 Å². The Hall–Kier alpha value is -2.35. The number of hydrogen-bond acceptors (Lipinski definition) is 7. The zero-order chi connectivity index (χ0) is 19.1. The number of nitrogens with one attached hydrogen (secondary N) is 1. The van der Waals surface area contributed by atoms with Crippen LogP contribution in [-0.4, -0.2) is 46.2 Å². The van der Waals surface area contributed by atoms with Crippen LogP contribution in [0.5, 0.6) is 0 Å². The SMILES string of the molecule is COCCN(Cc1ccc(Nc2cccc(-c3nccs3)n2)nc1)C(C)C. The zero-order valence-electron chi connectivity index (χ0n) is 15.9. The average molecular weight is 384 g/mol. The number of aromatic nitrogens is 3. The number of nitrogens with zero attached hydrogens (tertiary/aromatic N) is 4. The molecule has 0 aliphatic heterocycles. The summed E-state index contributed by atoms with van der Waals surface area (Å²) in [6.45, 7) is 6.88. The first kappa shape index (κ1) is 19.4. The Morgan fingerprint density at radius 2 is 2.04 bits per heavy atom. The summed E-state index contributed by atoms with van der Waals surface area (Å²) in [6.07, 6.45) is 3.70. The highest BCUT2D eigenvalue weighted by molar-refractivity contribution is 7.13. The first-order chi connectivity index (χ1) is 13.2. The molecule has 7 heteroatoms. The fraction of sp³-hybridized carbons (Fsp3) is 0.350. The van der Waals surface area contributed by atoms with E-state index in [0.717, 1.165) is 42.0 Å². The molecule has 3 heterocycles. The van der Waals surface area contributed by atoms with Crippen molar-refractivity contribution in [3.63, 3.8) is 0 Å². The van der Waals surface area contributed by atoms with Gasteiger partial charge in [-0.2, -0.15) is 0 Å². The first-order valence-electron chi connectivity index (χ1n) is 8.97. The summed E-state index contributed by atoms with van der Waals surface area (Å²) in [4.78, 5) is 15.8. The Kier molecular flexibility index (Phi) is 6.86. The Morgan fingerprint density at radius 1 is 1.15 bits per heavy atom. The van der Waals surface area contributed by atoms with E-state index < -0.39 is 0 Å². The summed E-state index contributed by atoms with van der Waals surface area (Å²) in [7, 11) is 1.73. The monoisotopic (exact) mass is 383 g/mol. The highest BCUT2D eigenvalue weighted by atomic mass is 32.1. The number of anilines is 2. The van der Waals surface area contributed by atoms with Crippen molar-refractivity contribution in [3.05, 3.63) is 53.7 Å². The molecule has 0 unspecified atom stereocenters. The van der Waals surface area contributed by atoms with Crippen molar-refractivity contribution < 1.29 is 4.74 Å². The van der Waals surface area contributed by atoms with Crippen LogP contribution < -0.4 is 5.32 Å². The molecule has 0 aromatic carbocycles. The minimum Gasteiger partial charge on any atom is -0.383 e. The fourth-order valence-corrected chi connectivity index (χ4v) is 3.27. The van der Waals surface area contributed by atoms with Crippen molar-refractivity contribution >= 4 is 23.0 Å². The third-order valence-corrected chi connectivity index (χ3v) is 4.98. The van der Waals surface area contributed by atoms with E-state index in [1.165, 1.54) is 5.56 Å². The van der Waals surface area contributed by atoms with Crippen molar-refractivity contribution in [1.29, 1.82) is 0 Å². The van der Waals surface area contributed by atoms with E-state index in [1.54, 1.807) is 24.6 Å². The molecule has 0 saturated heterocycles. The molecule has 0 aliphatic rings. The van der Waals surface area contributed by atoms with Gasteiger partial charge in [0.25, 0.3) is 0 Å². The second kappa shape index (κ2) is 9.55. The Balaban J connectivity index is 1.65. The van der Waals surface area contributed by atoms with E-state index in [9.17, 15) is 0 Å². The van der Waals surface area contributed by atoms with Gasteiger partial charge >= 0.3 is 0 Å². The summed E-state index contributed by atoms with van der Waals surface area (Å²) in [5.74, 6) is 1.53. The molecule has 3 rings (SSSR count). The molecule has 6 nitrogen and oxygen atoms in total. The van der Waals surface area contributed by atoms with Crippen LogP contribution in [0, 0.1) is 0 Å². The second-order valence-electron chi connectivity index (χ2n) is 6.48. The largest absolute Gasteiger partial charge is 0.383 e. The highest BCUT2D eigenvalue weighted by Crippen LogP contribution is 2.22. The van der Waals surface area contributed by atoms with Crippen molar-refractivity contribution in [2.75, 3.05) is 25.6 Å². The van der Waals surface area contributed by atoms with Crippen LogP contribution in [-0.2, 0) is 11.3 Å². The molecule has 0 bridgehead atoms. The molecule has 0 radical (unpaired) electrons. The van der Waals surface area contributed by atoms with Crippen molar-refractivity contribution in [1.82, 2.24) is 19.9 Å². The molecule has 0 saturated carbocycles. The lowest BCUT2D eigenvalue weighted by Crippen LogP contribution is -2.33. The summed E-state index contributed by atoms with van der Waals surface area (Å²) >= 11 is 1.58. The third-order valence-electron chi connectivity index (χ3n) is 4.18. The molecule has 3 aromatic rings. The van der Waals surface area contributed by atoms with E-state index in [0.29, 0.717) is 6.04 Å². The molecule has 0 spiro atoms. The van der Waals surface area contributed by atoms with Crippen molar-refractivity contribution in [3.8, 4) is 10.7 Å². The first-order valence-corrected chi connectivity index (χ1v) is 9.85. The lowest BCUT2D eigenvalue weighted by molar-refractivity contribution is 0.125. The number of ether oxygens (including phenoxy) is 1. The Labute approximate surface area is 164 Å². The standard InChI is InChI=1S/C20H25N5OS/c1-15(2)25(10-11-26-3)14-16-7-8-18(22-13-16)24-19-6-4-5-17(23-19)20-21-9-12-27-20/h4-9,12-13,15H,10-11,14H2,1-3H3,(H,22,23,24). The molecule has 0 aliphatic carbocycles. The molecule has 27 heavy (non-hydrogen) atoms. The maximum Gasteiger partial charge on any atom is 0.141 e. The molecule has 1 N–H and O–H groups in total. The van der Waals surface area contributed by atoms with Gasteiger partial charge in [0, 0.05) is 44.0 Å². The molecule has 0 fully saturated rings. The molecule has 0 atom stereocenters. The van der Waals surface area contributed by atoms with Gasteiger partial charge in [-0.15, -0.1) is 11.3 Å². The van der Waals surface area contributed by atoms with E-state index >= 15 is 0 Å². The second-order valence-corrected chi connectivity index (χ2v) is 7.37. The smallest absolute Gasteiger partial charge is 0.141 e. The highest BCUT2D eigenvalue weighted by Gasteiger charge is 2.10. The Morgan fingerprint density at radius 3 is 2.70 bits per heavy atom.